The van der Waals surface area contributed by atoms with Crippen LogP contribution in [0.2, 0.25) is 0 Å². The standard InChI is InChI=1S/C17H14BrNO2/c18-16-7-8-17(15-6-2-1-5-14(15)16)21-11-9-13-4-3-10-19(20)12-13/h1-8,10,12H,9,11H2. The van der Waals surface area contributed by atoms with Crippen molar-refractivity contribution in [2.75, 3.05) is 6.61 Å². The molecule has 3 nitrogen and oxygen atoms in total. The predicted molar refractivity (Wildman–Crippen MR) is 86.2 cm³/mol. The number of aromatic nitrogens is 1. The summed E-state index contributed by atoms with van der Waals surface area (Å²) in [7, 11) is 0. The SMILES string of the molecule is [O-][n+]1cccc(CCOc2ccc(Br)c3ccccc23)c1. The fraction of sp³-hybridized carbons (Fsp3) is 0.118. The van der Waals surface area contributed by atoms with E-state index in [4.69, 9.17) is 4.74 Å². The summed E-state index contributed by atoms with van der Waals surface area (Å²) in [5, 5.41) is 13.4. The van der Waals surface area contributed by atoms with Crippen LogP contribution in [0.15, 0.2) is 65.4 Å². The molecule has 0 bridgehead atoms. The third-order valence-electron chi connectivity index (χ3n) is 3.32. The maximum Gasteiger partial charge on any atom is 0.183 e. The molecule has 0 radical (unpaired) electrons. The second-order valence-electron chi connectivity index (χ2n) is 4.76. The fourth-order valence-corrected chi connectivity index (χ4v) is 2.77. The molecule has 0 fully saturated rings. The van der Waals surface area contributed by atoms with Gasteiger partial charge in [0.2, 0.25) is 0 Å². The third-order valence-corrected chi connectivity index (χ3v) is 4.01. The van der Waals surface area contributed by atoms with Gasteiger partial charge in [-0.3, -0.25) is 0 Å². The summed E-state index contributed by atoms with van der Waals surface area (Å²) in [5.74, 6) is 0.861. The zero-order valence-corrected chi connectivity index (χ0v) is 12.9. The van der Waals surface area contributed by atoms with E-state index in [2.05, 4.69) is 22.0 Å². The van der Waals surface area contributed by atoms with Gasteiger partial charge in [-0.2, -0.15) is 4.73 Å². The molecule has 4 heteroatoms. The molecule has 0 unspecified atom stereocenters. The van der Waals surface area contributed by atoms with Gasteiger partial charge in [0.25, 0.3) is 0 Å². The van der Waals surface area contributed by atoms with E-state index in [1.165, 1.54) is 6.20 Å². The van der Waals surface area contributed by atoms with Crippen molar-refractivity contribution in [1.29, 1.82) is 0 Å². The van der Waals surface area contributed by atoms with Crippen molar-refractivity contribution >= 4 is 26.7 Å². The number of hydrogen-bond acceptors (Lipinski definition) is 2. The smallest absolute Gasteiger partial charge is 0.183 e. The minimum Gasteiger partial charge on any atom is -0.619 e. The van der Waals surface area contributed by atoms with Crippen LogP contribution in [0, 0.1) is 5.21 Å². The van der Waals surface area contributed by atoms with Gasteiger partial charge >= 0.3 is 0 Å². The molecule has 1 heterocycles. The molecule has 0 aliphatic heterocycles. The second-order valence-corrected chi connectivity index (χ2v) is 5.62. The van der Waals surface area contributed by atoms with Crippen molar-refractivity contribution in [2.45, 2.75) is 6.42 Å². The number of benzene rings is 2. The van der Waals surface area contributed by atoms with Crippen LogP contribution in [-0.4, -0.2) is 6.61 Å². The molecule has 3 rings (SSSR count). The van der Waals surface area contributed by atoms with Crippen molar-refractivity contribution in [1.82, 2.24) is 0 Å². The first-order valence-corrected chi connectivity index (χ1v) is 7.51. The Labute approximate surface area is 131 Å². The van der Waals surface area contributed by atoms with Crippen molar-refractivity contribution in [3.05, 3.63) is 76.2 Å². The molecule has 21 heavy (non-hydrogen) atoms. The van der Waals surface area contributed by atoms with E-state index in [0.717, 1.165) is 31.3 Å². The fourth-order valence-electron chi connectivity index (χ4n) is 2.29. The molecule has 0 amide bonds. The summed E-state index contributed by atoms with van der Waals surface area (Å²) in [6.45, 7) is 0.537. The zero-order chi connectivity index (χ0) is 14.7. The Balaban J connectivity index is 1.75. The van der Waals surface area contributed by atoms with Crippen LogP contribution in [-0.2, 0) is 6.42 Å². The van der Waals surface area contributed by atoms with Gasteiger partial charge < -0.3 is 9.94 Å². The topological polar surface area (TPSA) is 36.2 Å². The minimum atomic E-state index is 0.537. The average molecular weight is 344 g/mol. The quantitative estimate of drug-likeness (QED) is 0.532. The van der Waals surface area contributed by atoms with E-state index < -0.39 is 0 Å². The number of hydrogen-bond donors (Lipinski definition) is 0. The lowest BCUT2D eigenvalue weighted by Crippen LogP contribution is -2.25. The molecule has 1 aromatic heterocycles. The first kappa shape index (κ1) is 13.9. The Hall–Kier alpha value is -2.07. The average Bonchev–Trinajstić information content (AvgIpc) is 2.50. The molecule has 0 N–H and O–H groups in total. The summed E-state index contributed by atoms with van der Waals surface area (Å²) in [6.07, 6.45) is 3.75. The first-order chi connectivity index (χ1) is 10.2. The molecular weight excluding hydrogens is 330 g/mol. The predicted octanol–water partition coefficient (Wildman–Crippen LogP) is 3.86. The van der Waals surface area contributed by atoms with Gasteiger partial charge in [-0.05, 0) is 23.6 Å². The van der Waals surface area contributed by atoms with Crippen LogP contribution in [0.3, 0.4) is 0 Å². The number of halogens is 1. The van der Waals surface area contributed by atoms with Crippen molar-refractivity contribution in [3.8, 4) is 5.75 Å². The van der Waals surface area contributed by atoms with E-state index >= 15 is 0 Å². The van der Waals surface area contributed by atoms with Gasteiger partial charge in [0.1, 0.15) is 5.75 Å². The van der Waals surface area contributed by atoms with Crippen LogP contribution in [0.4, 0.5) is 0 Å². The second kappa shape index (κ2) is 6.14. The number of ether oxygens (including phenoxy) is 1. The van der Waals surface area contributed by atoms with Gasteiger partial charge in [-0.25, -0.2) is 0 Å². The Morgan fingerprint density at radius 2 is 1.81 bits per heavy atom. The Bertz CT molecular complexity index is 774. The van der Waals surface area contributed by atoms with Gasteiger partial charge in [-0.1, -0.05) is 40.2 Å². The van der Waals surface area contributed by atoms with Crippen molar-refractivity contribution in [2.24, 2.45) is 0 Å². The number of rotatable bonds is 4. The highest BCUT2D eigenvalue weighted by molar-refractivity contribution is 9.10. The van der Waals surface area contributed by atoms with E-state index in [0.29, 0.717) is 13.0 Å². The van der Waals surface area contributed by atoms with E-state index in [1.807, 2.05) is 36.4 Å². The highest BCUT2D eigenvalue weighted by Crippen LogP contribution is 2.31. The molecule has 0 aliphatic carbocycles. The molecule has 0 aliphatic rings. The molecule has 2 aromatic carbocycles. The van der Waals surface area contributed by atoms with E-state index in [1.54, 1.807) is 12.3 Å². The summed E-state index contributed by atoms with van der Waals surface area (Å²) in [6, 6.07) is 15.7. The van der Waals surface area contributed by atoms with Crippen molar-refractivity contribution < 1.29 is 9.47 Å². The van der Waals surface area contributed by atoms with Crippen LogP contribution in [0.25, 0.3) is 10.8 Å². The molecule has 0 spiro atoms. The highest BCUT2D eigenvalue weighted by Gasteiger charge is 2.05. The highest BCUT2D eigenvalue weighted by atomic mass is 79.9. The summed E-state index contributed by atoms with van der Waals surface area (Å²) in [4.78, 5) is 0. The lowest BCUT2D eigenvalue weighted by atomic mass is 10.1. The number of pyridine rings is 1. The molecule has 3 aromatic rings. The molecule has 0 atom stereocenters. The molecule has 0 saturated heterocycles. The summed E-state index contributed by atoms with van der Waals surface area (Å²) >= 11 is 3.55. The lowest BCUT2D eigenvalue weighted by Gasteiger charge is -2.10. The van der Waals surface area contributed by atoms with Crippen LogP contribution >= 0.6 is 15.9 Å². The van der Waals surface area contributed by atoms with Gasteiger partial charge in [0.05, 0.1) is 6.61 Å². The van der Waals surface area contributed by atoms with E-state index in [-0.39, 0.29) is 0 Å². The first-order valence-electron chi connectivity index (χ1n) is 6.72. The Kier molecular flexibility index (Phi) is 4.06. The maximum atomic E-state index is 11.2. The molecule has 106 valence electrons. The van der Waals surface area contributed by atoms with E-state index in [9.17, 15) is 5.21 Å². The Morgan fingerprint density at radius 3 is 2.62 bits per heavy atom. The lowest BCUT2D eigenvalue weighted by molar-refractivity contribution is -0.605. The van der Waals surface area contributed by atoms with Gasteiger partial charge in [0, 0.05) is 27.9 Å². The molecule has 0 saturated carbocycles. The van der Waals surface area contributed by atoms with Gasteiger partial charge in [0.15, 0.2) is 12.4 Å². The largest absolute Gasteiger partial charge is 0.619 e. The summed E-state index contributed by atoms with van der Waals surface area (Å²) < 4.78 is 7.75. The molecular formula is C17H14BrNO2. The minimum absolute atomic E-state index is 0.537. The van der Waals surface area contributed by atoms with Crippen LogP contribution in [0.1, 0.15) is 5.56 Å². The Morgan fingerprint density at radius 1 is 1.00 bits per heavy atom. The maximum absolute atomic E-state index is 11.2. The monoisotopic (exact) mass is 343 g/mol. The normalized spacial score (nSPS) is 10.7. The van der Waals surface area contributed by atoms with Crippen LogP contribution in [0.5, 0.6) is 5.75 Å². The van der Waals surface area contributed by atoms with Crippen LogP contribution < -0.4 is 9.47 Å². The number of fused-ring (bicyclic) bond motifs is 1. The zero-order valence-electron chi connectivity index (χ0n) is 11.3. The van der Waals surface area contributed by atoms with Gasteiger partial charge in [-0.15, -0.1) is 0 Å². The number of nitrogens with zero attached hydrogens (tertiary/aromatic N) is 1. The third kappa shape index (κ3) is 3.16. The van der Waals surface area contributed by atoms with Crippen molar-refractivity contribution in [3.63, 3.8) is 0 Å². The summed E-state index contributed by atoms with van der Waals surface area (Å²) in [5.41, 5.74) is 0.967.